The Bertz CT molecular complexity index is 1530. The zero-order valence-corrected chi connectivity index (χ0v) is 18.9. The van der Waals surface area contributed by atoms with Crippen molar-refractivity contribution in [1.82, 2.24) is 38.5 Å². The second-order valence-corrected chi connectivity index (χ2v) is 7.96. The van der Waals surface area contributed by atoms with E-state index in [1.165, 1.54) is 5.56 Å². The van der Waals surface area contributed by atoms with Crippen molar-refractivity contribution in [3.05, 3.63) is 90.1 Å². The highest BCUT2D eigenvalue weighted by Gasteiger charge is 2.10. The third-order valence-electron chi connectivity index (χ3n) is 4.98. The number of imidazole rings is 2. The fraction of sp³-hybridized carbons (Fsp3) is 0.0455. The number of rotatable bonds is 3. The largest absolute Gasteiger partial charge is 0.381 e. The molecule has 0 saturated heterocycles. The quantitative estimate of drug-likeness (QED) is 0.379. The van der Waals surface area contributed by atoms with Crippen LogP contribution in [-0.2, 0) is 6.54 Å². The summed E-state index contributed by atoms with van der Waals surface area (Å²) in [6.07, 6.45) is 14.3. The Morgan fingerprint density at radius 2 is 1.45 bits per heavy atom. The van der Waals surface area contributed by atoms with Gasteiger partial charge in [0.15, 0.2) is 22.9 Å². The van der Waals surface area contributed by atoms with Crippen LogP contribution < -0.4 is 11.5 Å². The first kappa shape index (κ1) is 20.6. The number of anilines is 2. The van der Waals surface area contributed by atoms with E-state index in [0.717, 1.165) is 22.4 Å². The first-order valence-corrected chi connectivity index (χ1v) is 10.8. The maximum Gasteiger partial charge on any atom is 0.180 e. The molecule has 0 aliphatic carbocycles. The summed E-state index contributed by atoms with van der Waals surface area (Å²) in [5.41, 5.74) is 15.9. The van der Waals surface area contributed by atoms with Gasteiger partial charge >= 0.3 is 0 Å². The maximum absolute atomic E-state index is 5.84. The minimum atomic E-state index is 0.422. The van der Waals surface area contributed by atoms with Crippen LogP contribution in [0.5, 0.6) is 0 Å². The summed E-state index contributed by atoms with van der Waals surface area (Å²) in [5.74, 6) is 0.864. The normalized spacial score (nSPS) is 10.9. The SMILES string of the molecule is Nc1nccn2c(-c3cnn(Cc4ccccc4)c3)cnc12.Nc1nccn2c(Br)cnc12. The molecule has 0 spiro atoms. The smallest absolute Gasteiger partial charge is 0.180 e. The van der Waals surface area contributed by atoms with E-state index >= 15 is 0 Å². The van der Waals surface area contributed by atoms with E-state index in [9.17, 15) is 0 Å². The van der Waals surface area contributed by atoms with Crippen LogP contribution in [0.15, 0.2) is 84.5 Å². The van der Waals surface area contributed by atoms with Gasteiger partial charge in [-0.05, 0) is 21.5 Å². The lowest BCUT2D eigenvalue weighted by Gasteiger charge is -2.01. The summed E-state index contributed by atoms with van der Waals surface area (Å²) in [6.45, 7) is 0.737. The van der Waals surface area contributed by atoms with E-state index < -0.39 is 0 Å². The van der Waals surface area contributed by atoms with Crippen molar-refractivity contribution in [2.24, 2.45) is 0 Å². The average molecular weight is 503 g/mol. The number of halogens is 1. The van der Waals surface area contributed by atoms with Crippen LogP contribution in [0.25, 0.3) is 22.6 Å². The standard InChI is InChI=1S/C16H14N6.C6H5BrN4/c17-15-16-19-9-14(22(16)7-6-18-15)13-8-20-21(11-13)10-12-4-2-1-3-5-12;7-4-3-10-6-5(8)9-1-2-11(4)6/h1-9,11H,10H2,(H2,17,18);1-3H,(H2,8,9). The second kappa shape index (κ2) is 8.71. The van der Waals surface area contributed by atoms with Crippen LogP contribution in [0, 0.1) is 0 Å². The molecule has 33 heavy (non-hydrogen) atoms. The highest BCUT2D eigenvalue weighted by Crippen LogP contribution is 2.22. The van der Waals surface area contributed by atoms with E-state index in [-0.39, 0.29) is 0 Å². The summed E-state index contributed by atoms with van der Waals surface area (Å²) < 4.78 is 6.53. The molecule has 1 aromatic carbocycles. The molecule has 164 valence electrons. The third-order valence-corrected chi connectivity index (χ3v) is 5.57. The van der Waals surface area contributed by atoms with E-state index in [4.69, 9.17) is 11.5 Å². The lowest BCUT2D eigenvalue weighted by atomic mass is 10.2. The first-order chi connectivity index (χ1) is 16.1. The van der Waals surface area contributed by atoms with Gasteiger partial charge in [0.1, 0.15) is 4.60 Å². The molecule has 0 atom stereocenters. The van der Waals surface area contributed by atoms with Crippen molar-refractivity contribution >= 4 is 38.9 Å². The van der Waals surface area contributed by atoms with E-state index in [1.54, 1.807) is 31.0 Å². The number of nitrogens with two attached hydrogens (primary N) is 2. The minimum Gasteiger partial charge on any atom is -0.381 e. The monoisotopic (exact) mass is 502 g/mol. The molecule has 0 radical (unpaired) electrons. The molecule has 0 bridgehead atoms. The summed E-state index contributed by atoms with van der Waals surface area (Å²) in [6, 6.07) is 10.2. The molecule has 4 N–H and O–H groups in total. The fourth-order valence-corrected chi connectivity index (χ4v) is 3.80. The number of nitrogens with zero attached hydrogens (tertiary/aromatic N) is 8. The van der Waals surface area contributed by atoms with Gasteiger partial charge in [0, 0.05) is 36.5 Å². The van der Waals surface area contributed by atoms with Gasteiger partial charge < -0.3 is 11.5 Å². The molecule has 0 aliphatic heterocycles. The van der Waals surface area contributed by atoms with Crippen molar-refractivity contribution in [2.75, 3.05) is 11.5 Å². The Morgan fingerprint density at radius 3 is 2.18 bits per heavy atom. The van der Waals surface area contributed by atoms with Gasteiger partial charge in [0.05, 0.1) is 30.8 Å². The topological polar surface area (TPSA) is 130 Å². The second-order valence-electron chi connectivity index (χ2n) is 7.15. The Kier molecular flexibility index (Phi) is 5.45. The van der Waals surface area contributed by atoms with E-state index in [0.29, 0.717) is 22.9 Å². The summed E-state index contributed by atoms with van der Waals surface area (Å²) >= 11 is 3.32. The Labute approximate surface area is 196 Å². The Hall–Kier alpha value is -4.25. The fourth-order valence-electron chi connectivity index (χ4n) is 3.42. The molecule has 0 amide bonds. The number of hydrogen-bond acceptors (Lipinski definition) is 7. The molecule has 6 aromatic rings. The van der Waals surface area contributed by atoms with Gasteiger partial charge in [-0.1, -0.05) is 30.3 Å². The molecular formula is C22H19BrN10. The summed E-state index contributed by atoms with van der Waals surface area (Å²) in [5, 5.41) is 4.43. The van der Waals surface area contributed by atoms with Crippen molar-refractivity contribution in [3.8, 4) is 11.3 Å². The van der Waals surface area contributed by atoms with Crippen LogP contribution in [0.2, 0.25) is 0 Å². The molecule has 5 aromatic heterocycles. The van der Waals surface area contributed by atoms with Gasteiger partial charge in [-0.15, -0.1) is 0 Å². The van der Waals surface area contributed by atoms with Crippen LogP contribution in [0.3, 0.4) is 0 Å². The molecule has 6 rings (SSSR count). The predicted octanol–water partition coefficient (Wildman–Crippen LogP) is 3.30. The van der Waals surface area contributed by atoms with Gasteiger partial charge in [-0.3, -0.25) is 13.5 Å². The Balaban J connectivity index is 0.000000174. The van der Waals surface area contributed by atoms with Crippen LogP contribution >= 0.6 is 15.9 Å². The highest BCUT2D eigenvalue weighted by molar-refractivity contribution is 9.10. The highest BCUT2D eigenvalue weighted by atomic mass is 79.9. The molecule has 5 heterocycles. The third kappa shape index (κ3) is 4.13. The number of aromatic nitrogens is 8. The molecular weight excluding hydrogens is 484 g/mol. The number of benzene rings is 1. The predicted molar refractivity (Wildman–Crippen MR) is 129 cm³/mol. The lowest BCUT2D eigenvalue weighted by molar-refractivity contribution is 0.687. The van der Waals surface area contributed by atoms with Crippen molar-refractivity contribution < 1.29 is 0 Å². The average Bonchev–Trinajstić information content (AvgIpc) is 3.55. The van der Waals surface area contributed by atoms with Crippen LogP contribution in [-0.4, -0.2) is 38.5 Å². The first-order valence-electron chi connectivity index (χ1n) is 9.97. The molecule has 0 aliphatic rings. The minimum absolute atomic E-state index is 0.422. The van der Waals surface area contributed by atoms with Gasteiger partial charge in [-0.25, -0.2) is 19.9 Å². The number of fused-ring (bicyclic) bond motifs is 2. The molecule has 10 nitrogen and oxygen atoms in total. The van der Waals surface area contributed by atoms with Crippen molar-refractivity contribution in [1.29, 1.82) is 0 Å². The summed E-state index contributed by atoms with van der Waals surface area (Å²) in [4.78, 5) is 16.3. The Morgan fingerprint density at radius 1 is 0.788 bits per heavy atom. The number of hydrogen-bond donors (Lipinski definition) is 2. The zero-order valence-electron chi connectivity index (χ0n) is 17.3. The molecule has 0 unspecified atom stereocenters. The zero-order chi connectivity index (χ0) is 22.8. The molecule has 0 fully saturated rings. The van der Waals surface area contributed by atoms with Gasteiger partial charge in [0.25, 0.3) is 0 Å². The van der Waals surface area contributed by atoms with Crippen molar-refractivity contribution in [2.45, 2.75) is 6.54 Å². The van der Waals surface area contributed by atoms with E-state index in [2.05, 4.69) is 53.1 Å². The molecule has 11 heteroatoms. The van der Waals surface area contributed by atoms with Crippen LogP contribution in [0.4, 0.5) is 11.6 Å². The maximum atomic E-state index is 5.84. The summed E-state index contributed by atoms with van der Waals surface area (Å²) in [7, 11) is 0. The van der Waals surface area contributed by atoms with Gasteiger partial charge in [-0.2, -0.15) is 5.10 Å². The van der Waals surface area contributed by atoms with Crippen molar-refractivity contribution in [3.63, 3.8) is 0 Å². The van der Waals surface area contributed by atoms with E-state index in [1.807, 2.05) is 50.3 Å². The van der Waals surface area contributed by atoms with Crippen LogP contribution in [0.1, 0.15) is 5.56 Å². The number of nitrogen functional groups attached to an aromatic ring is 2. The van der Waals surface area contributed by atoms with Gasteiger partial charge in [0.2, 0.25) is 0 Å². The molecule has 0 saturated carbocycles. The lowest BCUT2D eigenvalue weighted by Crippen LogP contribution is -1.99.